The highest BCUT2D eigenvalue weighted by Gasteiger charge is 2.14. The van der Waals surface area contributed by atoms with E-state index in [0.29, 0.717) is 23.1 Å². The average molecular weight is 324 g/mol. The van der Waals surface area contributed by atoms with Crippen LogP contribution in [0.25, 0.3) is 0 Å². The Morgan fingerprint density at radius 3 is 2.47 bits per heavy atom. The van der Waals surface area contributed by atoms with Crippen LogP contribution in [0.3, 0.4) is 0 Å². The van der Waals surface area contributed by atoms with Crippen molar-refractivity contribution < 1.29 is 8.42 Å². The predicted molar refractivity (Wildman–Crippen MR) is 82.0 cm³/mol. The van der Waals surface area contributed by atoms with Crippen molar-refractivity contribution in [2.75, 3.05) is 18.8 Å². The molecule has 1 N–H and O–H groups in total. The Labute approximate surface area is 125 Å². The van der Waals surface area contributed by atoms with Gasteiger partial charge in [-0.2, -0.15) is 0 Å². The lowest BCUT2D eigenvalue weighted by Gasteiger charge is -2.09. The Balaban J connectivity index is 2.32. The summed E-state index contributed by atoms with van der Waals surface area (Å²) < 4.78 is 23.2. The molecule has 19 heavy (non-hydrogen) atoms. The molecule has 0 bridgehead atoms. The van der Waals surface area contributed by atoms with Gasteiger partial charge in [0.25, 0.3) is 0 Å². The van der Waals surface area contributed by atoms with Crippen molar-refractivity contribution in [3.63, 3.8) is 0 Å². The van der Waals surface area contributed by atoms with Crippen molar-refractivity contribution in [2.45, 2.75) is 25.5 Å². The number of hydrogen-bond acceptors (Lipinski definition) is 3. The van der Waals surface area contributed by atoms with Crippen LogP contribution < -0.4 is 5.32 Å². The van der Waals surface area contributed by atoms with Crippen LogP contribution >= 0.6 is 23.2 Å². The first kappa shape index (κ1) is 16.8. The SMILES string of the molecule is CC(C)S(=O)(=O)CCNCCc1ccc(Cl)cc1Cl. The average Bonchev–Trinajstić information content (AvgIpc) is 2.31. The minimum atomic E-state index is -2.96. The summed E-state index contributed by atoms with van der Waals surface area (Å²) in [6.45, 7) is 4.55. The molecule has 0 unspecified atom stereocenters. The maximum Gasteiger partial charge on any atom is 0.153 e. The van der Waals surface area contributed by atoms with E-state index < -0.39 is 9.84 Å². The molecule has 0 aliphatic heterocycles. The van der Waals surface area contributed by atoms with Crippen molar-refractivity contribution in [3.8, 4) is 0 Å². The molecule has 0 heterocycles. The molecule has 1 aromatic carbocycles. The fourth-order valence-electron chi connectivity index (χ4n) is 1.52. The Kier molecular flexibility index (Phi) is 6.60. The molecule has 0 radical (unpaired) electrons. The number of rotatable bonds is 7. The Morgan fingerprint density at radius 2 is 1.89 bits per heavy atom. The highest BCUT2D eigenvalue weighted by Crippen LogP contribution is 2.20. The molecule has 0 saturated carbocycles. The molecule has 0 fully saturated rings. The zero-order valence-electron chi connectivity index (χ0n) is 11.1. The molecule has 108 valence electrons. The van der Waals surface area contributed by atoms with E-state index in [1.807, 2.05) is 6.07 Å². The van der Waals surface area contributed by atoms with Crippen LogP contribution in [0.4, 0.5) is 0 Å². The second-order valence-electron chi connectivity index (χ2n) is 4.65. The van der Waals surface area contributed by atoms with Crippen LogP contribution in [-0.4, -0.2) is 32.5 Å². The van der Waals surface area contributed by atoms with E-state index in [9.17, 15) is 8.42 Å². The Morgan fingerprint density at radius 1 is 1.21 bits per heavy atom. The lowest BCUT2D eigenvalue weighted by atomic mass is 10.1. The molecule has 0 aliphatic carbocycles. The van der Waals surface area contributed by atoms with Crippen molar-refractivity contribution >= 4 is 33.0 Å². The summed E-state index contributed by atoms with van der Waals surface area (Å²) in [6.07, 6.45) is 0.748. The number of hydrogen-bond donors (Lipinski definition) is 1. The largest absolute Gasteiger partial charge is 0.315 e. The second kappa shape index (κ2) is 7.48. The maximum absolute atomic E-state index is 11.6. The number of nitrogens with one attached hydrogen (secondary N) is 1. The molecular weight excluding hydrogens is 305 g/mol. The molecule has 1 aromatic rings. The molecular formula is C13H19Cl2NO2S. The van der Waals surface area contributed by atoms with E-state index in [0.717, 1.165) is 12.0 Å². The van der Waals surface area contributed by atoms with E-state index in [4.69, 9.17) is 23.2 Å². The lowest BCUT2D eigenvalue weighted by Crippen LogP contribution is -2.28. The van der Waals surface area contributed by atoms with Gasteiger partial charge in [0.1, 0.15) is 0 Å². The molecule has 0 amide bonds. The topological polar surface area (TPSA) is 46.2 Å². The van der Waals surface area contributed by atoms with Crippen molar-refractivity contribution in [1.29, 1.82) is 0 Å². The molecule has 0 spiro atoms. The van der Waals surface area contributed by atoms with E-state index in [2.05, 4.69) is 5.32 Å². The van der Waals surface area contributed by atoms with Gasteiger partial charge in [-0.25, -0.2) is 8.42 Å². The highest BCUT2D eigenvalue weighted by molar-refractivity contribution is 7.92. The molecule has 6 heteroatoms. The Hall–Kier alpha value is -0.290. The fraction of sp³-hybridized carbons (Fsp3) is 0.538. The molecule has 0 aromatic heterocycles. The summed E-state index contributed by atoms with van der Waals surface area (Å²) in [7, 11) is -2.96. The molecule has 0 atom stereocenters. The van der Waals surface area contributed by atoms with Gasteiger partial charge < -0.3 is 5.32 Å². The quantitative estimate of drug-likeness (QED) is 0.785. The zero-order chi connectivity index (χ0) is 14.5. The van der Waals surface area contributed by atoms with Crippen LogP contribution in [0, 0.1) is 0 Å². The van der Waals surface area contributed by atoms with E-state index in [-0.39, 0.29) is 11.0 Å². The van der Waals surface area contributed by atoms with E-state index >= 15 is 0 Å². The van der Waals surface area contributed by atoms with Crippen LogP contribution in [-0.2, 0) is 16.3 Å². The monoisotopic (exact) mass is 323 g/mol. The van der Waals surface area contributed by atoms with Gasteiger partial charge in [0.2, 0.25) is 0 Å². The van der Waals surface area contributed by atoms with Gasteiger partial charge in [-0.1, -0.05) is 29.3 Å². The standard InChI is InChI=1S/C13H19Cl2NO2S/c1-10(2)19(17,18)8-7-16-6-5-11-3-4-12(14)9-13(11)15/h3-4,9-10,16H,5-8H2,1-2H3. The Bertz CT molecular complexity index is 515. The number of benzene rings is 1. The molecule has 0 saturated heterocycles. The summed E-state index contributed by atoms with van der Waals surface area (Å²) in [6, 6.07) is 5.39. The normalized spacial score (nSPS) is 12.1. The first-order valence-corrected chi connectivity index (χ1v) is 8.66. The van der Waals surface area contributed by atoms with Crippen molar-refractivity contribution in [3.05, 3.63) is 33.8 Å². The summed E-state index contributed by atoms with van der Waals surface area (Å²) in [5.74, 6) is 0.166. The molecule has 3 nitrogen and oxygen atoms in total. The summed E-state index contributed by atoms with van der Waals surface area (Å²) in [5, 5.41) is 4.05. The predicted octanol–water partition coefficient (Wildman–Crippen LogP) is 2.95. The number of halogens is 2. The lowest BCUT2D eigenvalue weighted by molar-refractivity contribution is 0.582. The van der Waals surface area contributed by atoms with Crippen LogP contribution in [0.5, 0.6) is 0 Å². The summed E-state index contributed by atoms with van der Waals surface area (Å²) in [5.41, 5.74) is 1.00. The van der Waals surface area contributed by atoms with Gasteiger partial charge in [0, 0.05) is 16.6 Å². The van der Waals surface area contributed by atoms with E-state index in [1.165, 1.54) is 0 Å². The third kappa shape index (κ3) is 5.69. The maximum atomic E-state index is 11.6. The molecule has 1 rings (SSSR count). The van der Waals surface area contributed by atoms with Crippen molar-refractivity contribution in [2.24, 2.45) is 0 Å². The van der Waals surface area contributed by atoms with Gasteiger partial charge >= 0.3 is 0 Å². The van der Waals surface area contributed by atoms with Crippen LogP contribution in [0.2, 0.25) is 10.0 Å². The second-order valence-corrected chi connectivity index (χ2v) is 8.17. The van der Waals surface area contributed by atoms with Crippen molar-refractivity contribution in [1.82, 2.24) is 5.32 Å². The van der Waals surface area contributed by atoms with E-state index in [1.54, 1.807) is 26.0 Å². The van der Waals surface area contributed by atoms with Crippen LogP contribution in [0.15, 0.2) is 18.2 Å². The molecule has 0 aliphatic rings. The number of sulfone groups is 1. The first-order valence-electron chi connectivity index (χ1n) is 6.19. The third-order valence-corrected chi connectivity index (χ3v) is 5.66. The highest BCUT2D eigenvalue weighted by atomic mass is 35.5. The summed E-state index contributed by atoms with van der Waals surface area (Å²) in [4.78, 5) is 0. The summed E-state index contributed by atoms with van der Waals surface area (Å²) >= 11 is 11.9. The van der Waals surface area contributed by atoms with Gasteiger partial charge in [-0.3, -0.25) is 0 Å². The van der Waals surface area contributed by atoms with Gasteiger partial charge in [-0.05, 0) is 44.5 Å². The minimum absolute atomic E-state index is 0.166. The smallest absolute Gasteiger partial charge is 0.153 e. The fourth-order valence-corrected chi connectivity index (χ4v) is 2.93. The van der Waals surface area contributed by atoms with Gasteiger partial charge in [0.15, 0.2) is 9.84 Å². The van der Waals surface area contributed by atoms with Gasteiger partial charge in [0.05, 0.1) is 11.0 Å². The minimum Gasteiger partial charge on any atom is -0.315 e. The third-order valence-electron chi connectivity index (χ3n) is 2.87. The zero-order valence-corrected chi connectivity index (χ0v) is 13.4. The van der Waals surface area contributed by atoms with Crippen LogP contribution in [0.1, 0.15) is 19.4 Å². The first-order chi connectivity index (χ1) is 8.83. The van der Waals surface area contributed by atoms with Gasteiger partial charge in [-0.15, -0.1) is 0 Å².